The van der Waals surface area contributed by atoms with Crippen molar-refractivity contribution in [2.45, 2.75) is 66.7 Å². The van der Waals surface area contributed by atoms with Crippen LogP contribution in [0.25, 0.3) is 0 Å². The highest BCUT2D eigenvalue weighted by Gasteiger charge is 2.24. The van der Waals surface area contributed by atoms with Crippen LogP contribution in [0.1, 0.15) is 82.0 Å². The molecule has 0 saturated carbocycles. The monoisotopic (exact) mass is 397 g/mol. The molecule has 1 heterocycles. The van der Waals surface area contributed by atoms with E-state index in [0.717, 1.165) is 11.3 Å². The van der Waals surface area contributed by atoms with Crippen molar-refractivity contribution in [1.29, 1.82) is 0 Å². The fourth-order valence-corrected chi connectivity index (χ4v) is 3.88. The van der Waals surface area contributed by atoms with E-state index in [1.165, 1.54) is 11.3 Å². The molecule has 0 aliphatic carbocycles. The molecule has 0 spiro atoms. The quantitative estimate of drug-likeness (QED) is 0.608. The van der Waals surface area contributed by atoms with E-state index in [-0.39, 0.29) is 43.3 Å². The summed E-state index contributed by atoms with van der Waals surface area (Å²) < 4.78 is 9.94. The lowest BCUT2D eigenvalue weighted by atomic mass is 9.85. The number of carbonyl (C=O) groups is 3. The number of carbonyl (C=O) groups excluding carboxylic acids is 3. The number of rotatable bonds is 9. The number of hydrogen-bond donors (Lipinski definition) is 1. The molecule has 1 aromatic heterocycles. The predicted molar refractivity (Wildman–Crippen MR) is 107 cm³/mol. The first-order valence-corrected chi connectivity index (χ1v) is 10.1. The highest BCUT2D eigenvalue weighted by atomic mass is 32.1. The molecular weight excluding hydrogens is 366 g/mol. The number of anilines is 1. The predicted octanol–water partition coefficient (Wildman–Crippen LogP) is 4.75. The third-order valence-electron chi connectivity index (χ3n) is 3.77. The van der Waals surface area contributed by atoms with Crippen LogP contribution in [0.2, 0.25) is 0 Å². The number of amides is 1. The highest BCUT2D eigenvalue weighted by molar-refractivity contribution is 7.16. The molecule has 6 nitrogen and oxygen atoms in total. The first-order chi connectivity index (χ1) is 12.6. The van der Waals surface area contributed by atoms with E-state index in [1.807, 2.05) is 0 Å². The van der Waals surface area contributed by atoms with Gasteiger partial charge in [-0.25, -0.2) is 4.79 Å². The van der Waals surface area contributed by atoms with Gasteiger partial charge in [0.1, 0.15) is 5.00 Å². The molecule has 0 aliphatic heterocycles. The van der Waals surface area contributed by atoms with Gasteiger partial charge in [-0.15, -0.1) is 11.3 Å². The Hall–Kier alpha value is -1.89. The van der Waals surface area contributed by atoms with Gasteiger partial charge in [-0.1, -0.05) is 27.7 Å². The summed E-state index contributed by atoms with van der Waals surface area (Å²) in [6, 6.07) is 1.81. The van der Waals surface area contributed by atoms with Crippen LogP contribution >= 0.6 is 11.3 Å². The molecule has 1 unspecified atom stereocenters. The number of thiophene rings is 1. The van der Waals surface area contributed by atoms with E-state index in [1.54, 1.807) is 19.9 Å². The molecule has 7 heteroatoms. The Morgan fingerprint density at radius 1 is 1.11 bits per heavy atom. The zero-order valence-electron chi connectivity index (χ0n) is 17.1. The van der Waals surface area contributed by atoms with Gasteiger partial charge in [0, 0.05) is 11.3 Å². The minimum Gasteiger partial charge on any atom is -0.466 e. The molecule has 0 aliphatic rings. The van der Waals surface area contributed by atoms with Gasteiger partial charge in [-0.2, -0.15) is 0 Å². The van der Waals surface area contributed by atoms with Gasteiger partial charge in [0.2, 0.25) is 5.91 Å². The van der Waals surface area contributed by atoms with Crippen molar-refractivity contribution >= 4 is 34.2 Å². The Morgan fingerprint density at radius 2 is 1.74 bits per heavy atom. The van der Waals surface area contributed by atoms with Gasteiger partial charge in [0.05, 0.1) is 25.2 Å². The fourth-order valence-electron chi connectivity index (χ4n) is 2.76. The third-order valence-corrected chi connectivity index (χ3v) is 5.05. The largest absolute Gasteiger partial charge is 0.466 e. The summed E-state index contributed by atoms with van der Waals surface area (Å²) in [7, 11) is 0. The van der Waals surface area contributed by atoms with Gasteiger partial charge in [-0.05, 0) is 37.7 Å². The van der Waals surface area contributed by atoms with Crippen molar-refractivity contribution in [2.75, 3.05) is 18.5 Å². The zero-order valence-corrected chi connectivity index (χ0v) is 18.0. The van der Waals surface area contributed by atoms with Gasteiger partial charge >= 0.3 is 11.9 Å². The standard InChI is InChI=1S/C20H31NO5S/c1-7-25-17(23)10-9-16(22)21-18-14(19(24)26-8-2)11-15(27-18)13(3)12-20(4,5)6/h11,13H,7-10,12H2,1-6H3,(H,21,22). The molecule has 0 radical (unpaired) electrons. The summed E-state index contributed by atoms with van der Waals surface area (Å²) in [6.07, 6.45) is 0.963. The van der Waals surface area contributed by atoms with Crippen molar-refractivity contribution in [1.82, 2.24) is 0 Å². The van der Waals surface area contributed by atoms with Gasteiger partial charge in [0.25, 0.3) is 0 Å². The van der Waals surface area contributed by atoms with E-state index in [0.29, 0.717) is 10.6 Å². The van der Waals surface area contributed by atoms with Crippen LogP contribution in [0, 0.1) is 5.41 Å². The van der Waals surface area contributed by atoms with Gasteiger partial charge < -0.3 is 14.8 Å². The number of ether oxygens (including phenoxy) is 2. The van der Waals surface area contributed by atoms with Crippen molar-refractivity contribution in [3.8, 4) is 0 Å². The molecule has 0 aromatic carbocycles. The first-order valence-electron chi connectivity index (χ1n) is 9.33. The second kappa shape index (κ2) is 10.4. The lowest BCUT2D eigenvalue weighted by Gasteiger charge is -2.22. The SMILES string of the molecule is CCOC(=O)CCC(=O)Nc1sc(C(C)CC(C)(C)C)cc1C(=O)OCC. The fraction of sp³-hybridized carbons (Fsp3) is 0.650. The molecule has 0 bridgehead atoms. The number of nitrogens with one attached hydrogen (secondary N) is 1. The molecular formula is C20H31NO5S. The zero-order chi connectivity index (χ0) is 20.6. The van der Waals surface area contributed by atoms with Crippen LogP contribution < -0.4 is 5.32 Å². The van der Waals surface area contributed by atoms with E-state index < -0.39 is 11.9 Å². The summed E-state index contributed by atoms with van der Waals surface area (Å²) in [4.78, 5) is 36.9. The molecule has 1 atom stereocenters. The Morgan fingerprint density at radius 3 is 2.30 bits per heavy atom. The Bertz CT molecular complexity index is 660. The average molecular weight is 398 g/mol. The number of esters is 2. The Balaban J connectivity index is 2.93. The van der Waals surface area contributed by atoms with Crippen LogP contribution in [0.4, 0.5) is 5.00 Å². The van der Waals surface area contributed by atoms with Crippen molar-refractivity contribution in [2.24, 2.45) is 5.41 Å². The second-order valence-electron chi connectivity index (χ2n) is 7.63. The van der Waals surface area contributed by atoms with Crippen LogP contribution in [-0.2, 0) is 19.1 Å². The van der Waals surface area contributed by atoms with Crippen molar-refractivity contribution < 1.29 is 23.9 Å². The van der Waals surface area contributed by atoms with E-state index in [9.17, 15) is 14.4 Å². The second-order valence-corrected chi connectivity index (χ2v) is 8.71. The minimum absolute atomic E-state index is 0.00583. The molecule has 1 rings (SSSR count). The summed E-state index contributed by atoms with van der Waals surface area (Å²) in [5, 5.41) is 3.23. The minimum atomic E-state index is -0.455. The first kappa shape index (κ1) is 23.1. The van der Waals surface area contributed by atoms with Crippen LogP contribution in [0.15, 0.2) is 6.07 Å². The molecule has 0 fully saturated rings. The summed E-state index contributed by atoms with van der Waals surface area (Å²) in [5.74, 6) is -0.952. The Labute approximate surface area is 165 Å². The lowest BCUT2D eigenvalue weighted by Crippen LogP contribution is -2.16. The highest BCUT2D eigenvalue weighted by Crippen LogP contribution is 2.38. The molecule has 1 amide bonds. The third kappa shape index (κ3) is 8.12. The number of hydrogen-bond acceptors (Lipinski definition) is 6. The van der Waals surface area contributed by atoms with E-state index >= 15 is 0 Å². The maximum atomic E-state index is 12.3. The van der Waals surface area contributed by atoms with Crippen molar-refractivity contribution in [3.63, 3.8) is 0 Å². The van der Waals surface area contributed by atoms with E-state index in [4.69, 9.17) is 9.47 Å². The van der Waals surface area contributed by atoms with Crippen LogP contribution in [-0.4, -0.2) is 31.1 Å². The van der Waals surface area contributed by atoms with Crippen LogP contribution in [0.5, 0.6) is 0 Å². The lowest BCUT2D eigenvalue weighted by molar-refractivity contribution is -0.144. The van der Waals surface area contributed by atoms with Gasteiger partial charge in [0.15, 0.2) is 0 Å². The van der Waals surface area contributed by atoms with Crippen molar-refractivity contribution in [3.05, 3.63) is 16.5 Å². The molecule has 152 valence electrons. The maximum Gasteiger partial charge on any atom is 0.341 e. The Kier molecular flexibility index (Phi) is 8.96. The van der Waals surface area contributed by atoms with Gasteiger partial charge in [-0.3, -0.25) is 9.59 Å². The van der Waals surface area contributed by atoms with Crippen LogP contribution in [0.3, 0.4) is 0 Å². The molecule has 0 saturated heterocycles. The topological polar surface area (TPSA) is 81.7 Å². The van der Waals surface area contributed by atoms with E-state index in [2.05, 4.69) is 33.0 Å². The average Bonchev–Trinajstić information content (AvgIpc) is 2.96. The molecule has 1 aromatic rings. The summed E-state index contributed by atoms with van der Waals surface area (Å²) in [6.45, 7) is 12.6. The maximum absolute atomic E-state index is 12.3. The molecule has 1 N–H and O–H groups in total. The summed E-state index contributed by atoms with van der Waals surface area (Å²) in [5.41, 5.74) is 0.512. The molecule has 27 heavy (non-hydrogen) atoms. The summed E-state index contributed by atoms with van der Waals surface area (Å²) >= 11 is 1.39. The normalized spacial score (nSPS) is 12.4. The smallest absolute Gasteiger partial charge is 0.341 e.